The van der Waals surface area contributed by atoms with Gasteiger partial charge in [-0.25, -0.2) is 0 Å². The highest BCUT2D eigenvalue weighted by atomic mass is 16.3. The Hall–Kier alpha value is -0.460. The zero-order valence-electron chi connectivity index (χ0n) is 13.3. The van der Waals surface area contributed by atoms with E-state index in [2.05, 4.69) is 19.1 Å². The van der Waals surface area contributed by atoms with E-state index in [-0.39, 0.29) is 13.2 Å². The maximum atomic E-state index is 9.49. The van der Waals surface area contributed by atoms with Gasteiger partial charge in [0.2, 0.25) is 0 Å². The summed E-state index contributed by atoms with van der Waals surface area (Å²) >= 11 is 0. The van der Waals surface area contributed by atoms with Crippen LogP contribution in [-0.4, -0.2) is 70.4 Å². The van der Waals surface area contributed by atoms with E-state index in [1.165, 1.54) is 12.8 Å². The van der Waals surface area contributed by atoms with Crippen molar-refractivity contribution in [1.82, 2.24) is 4.90 Å². The molecule has 5 heteroatoms. The van der Waals surface area contributed by atoms with Crippen molar-refractivity contribution in [3.63, 3.8) is 0 Å². The van der Waals surface area contributed by atoms with Gasteiger partial charge in [-0.15, -0.1) is 0 Å². The molecule has 0 aromatic carbocycles. The summed E-state index contributed by atoms with van der Waals surface area (Å²) in [6.07, 6.45) is 9.51. The molecule has 0 aliphatic rings. The van der Waals surface area contributed by atoms with E-state index < -0.39 is 12.2 Å². The highest BCUT2D eigenvalue weighted by molar-refractivity contribution is 4.79. The molecule has 4 N–H and O–H groups in total. The van der Waals surface area contributed by atoms with E-state index in [4.69, 9.17) is 10.2 Å². The van der Waals surface area contributed by atoms with Crippen molar-refractivity contribution in [1.29, 1.82) is 0 Å². The van der Waals surface area contributed by atoms with Crippen LogP contribution >= 0.6 is 0 Å². The Morgan fingerprint density at radius 2 is 1.43 bits per heavy atom. The molecule has 0 fully saturated rings. The number of unbranched alkanes of at least 4 members (excludes halogenated alkanes) is 4. The fourth-order valence-electron chi connectivity index (χ4n) is 2.20. The SMILES string of the molecule is CC/C=C/CCCCCCN(CC(O)CO)CC(O)CO. The molecule has 2 unspecified atom stereocenters. The third-order valence-corrected chi connectivity index (χ3v) is 3.36. The average molecular weight is 303 g/mol. The van der Waals surface area contributed by atoms with E-state index in [1.807, 2.05) is 4.90 Å². The van der Waals surface area contributed by atoms with Crippen molar-refractivity contribution in [3.05, 3.63) is 12.2 Å². The Morgan fingerprint density at radius 3 is 1.95 bits per heavy atom. The van der Waals surface area contributed by atoms with Gasteiger partial charge in [-0.05, 0) is 32.2 Å². The molecule has 0 saturated heterocycles. The van der Waals surface area contributed by atoms with Crippen LogP contribution in [0.2, 0.25) is 0 Å². The zero-order valence-corrected chi connectivity index (χ0v) is 13.3. The lowest BCUT2D eigenvalue weighted by atomic mass is 10.1. The first kappa shape index (κ1) is 20.5. The third kappa shape index (κ3) is 13.0. The summed E-state index contributed by atoms with van der Waals surface area (Å²) in [6, 6.07) is 0. The second kappa shape index (κ2) is 14.5. The standard InChI is InChI=1S/C16H33NO4/c1-2-3-4-5-6-7-8-9-10-17(11-15(20)13-18)12-16(21)14-19/h3-4,15-16,18-21H,2,5-14H2,1H3/b4-3+. The minimum atomic E-state index is -0.796. The predicted octanol–water partition coefficient (Wildman–Crippen LogP) is 0.911. The molecule has 0 rings (SSSR count). The highest BCUT2D eigenvalue weighted by Crippen LogP contribution is 2.06. The number of aliphatic hydroxyl groups excluding tert-OH is 4. The summed E-state index contributed by atoms with van der Waals surface area (Å²) in [5, 5.41) is 36.8. The molecule has 0 saturated carbocycles. The number of nitrogens with zero attached hydrogens (tertiary/aromatic N) is 1. The maximum absolute atomic E-state index is 9.49. The van der Waals surface area contributed by atoms with Crippen LogP contribution in [0.3, 0.4) is 0 Å². The lowest BCUT2D eigenvalue weighted by Crippen LogP contribution is -2.40. The lowest BCUT2D eigenvalue weighted by Gasteiger charge is -2.26. The van der Waals surface area contributed by atoms with Gasteiger partial charge in [0.1, 0.15) is 0 Å². The number of rotatable bonds is 14. The Labute approximate surface area is 128 Å². The number of hydrogen-bond donors (Lipinski definition) is 4. The molecule has 0 heterocycles. The molecule has 0 spiro atoms. The summed E-state index contributed by atoms with van der Waals surface area (Å²) in [6.45, 7) is 2.98. The van der Waals surface area contributed by atoms with Crippen LogP contribution in [0.4, 0.5) is 0 Å². The van der Waals surface area contributed by atoms with Crippen LogP contribution in [0, 0.1) is 0 Å². The van der Waals surface area contributed by atoms with Gasteiger partial charge < -0.3 is 20.4 Å². The third-order valence-electron chi connectivity index (χ3n) is 3.36. The smallest absolute Gasteiger partial charge is 0.0897 e. The zero-order chi connectivity index (χ0) is 15.9. The summed E-state index contributed by atoms with van der Waals surface area (Å²) in [5.41, 5.74) is 0. The normalized spacial score (nSPS) is 15.0. The summed E-state index contributed by atoms with van der Waals surface area (Å²) in [7, 11) is 0. The lowest BCUT2D eigenvalue weighted by molar-refractivity contribution is 0.0228. The van der Waals surface area contributed by atoms with Crippen molar-refractivity contribution in [3.8, 4) is 0 Å². The Bertz CT molecular complexity index is 236. The molecule has 0 radical (unpaired) electrons. The van der Waals surface area contributed by atoms with Crippen molar-refractivity contribution in [2.24, 2.45) is 0 Å². The van der Waals surface area contributed by atoms with Crippen LogP contribution < -0.4 is 0 Å². The fraction of sp³-hybridized carbons (Fsp3) is 0.875. The molecular formula is C16H33NO4. The molecule has 0 amide bonds. The molecule has 5 nitrogen and oxygen atoms in total. The van der Waals surface area contributed by atoms with Crippen molar-refractivity contribution < 1.29 is 20.4 Å². The van der Waals surface area contributed by atoms with Crippen molar-refractivity contribution in [2.45, 2.75) is 57.7 Å². The molecule has 0 aliphatic carbocycles. The Kier molecular flexibility index (Phi) is 14.2. The number of allylic oxidation sites excluding steroid dienone is 2. The molecule has 2 atom stereocenters. The predicted molar refractivity (Wildman–Crippen MR) is 85.1 cm³/mol. The van der Waals surface area contributed by atoms with Crippen molar-refractivity contribution in [2.75, 3.05) is 32.8 Å². The van der Waals surface area contributed by atoms with Crippen LogP contribution in [0.5, 0.6) is 0 Å². The monoisotopic (exact) mass is 303 g/mol. The van der Waals surface area contributed by atoms with Gasteiger partial charge in [-0.1, -0.05) is 31.9 Å². The molecule has 0 aromatic rings. The summed E-state index contributed by atoms with van der Waals surface area (Å²) in [5.74, 6) is 0. The second-order valence-corrected chi connectivity index (χ2v) is 5.51. The van der Waals surface area contributed by atoms with Gasteiger partial charge in [0.05, 0.1) is 25.4 Å². The quantitative estimate of drug-likeness (QED) is 0.283. The van der Waals surface area contributed by atoms with Gasteiger partial charge >= 0.3 is 0 Å². The Morgan fingerprint density at radius 1 is 0.857 bits per heavy atom. The van der Waals surface area contributed by atoms with Gasteiger partial charge in [0.15, 0.2) is 0 Å². The Balaban J connectivity index is 3.81. The first-order chi connectivity index (χ1) is 10.1. The van der Waals surface area contributed by atoms with E-state index in [0.717, 1.165) is 32.2 Å². The van der Waals surface area contributed by atoms with E-state index >= 15 is 0 Å². The van der Waals surface area contributed by atoms with Crippen LogP contribution in [0.1, 0.15) is 45.4 Å². The van der Waals surface area contributed by atoms with Crippen LogP contribution in [0.15, 0.2) is 12.2 Å². The van der Waals surface area contributed by atoms with Gasteiger partial charge in [0.25, 0.3) is 0 Å². The van der Waals surface area contributed by atoms with Gasteiger partial charge in [-0.3, -0.25) is 4.90 Å². The molecule has 21 heavy (non-hydrogen) atoms. The number of hydrogen-bond acceptors (Lipinski definition) is 5. The summed E-state index contributed by atoms with van der Waals surface area (Å²) in [4.78, 5) is 1.90. The number of aliphatic hydroxyl groups is 4. The fourth-order valence-corrected chi connectivity index (χ4v) is 2.20. The first-order valence-corrected chi connectivity index (χ1v) is 8.09. The van der Waals surface area contributed by atoms with Crippen LogP contribution in [-0.2, 0) is 0 Å². The molecular weight excluding hydrogens is 270 g/mol. The largest absolute Gasteiger partial charge is 0.394 e. The summed E-state index contributed by atoms with van der Waals surface area (Å²) < 4.78 is 0. The first-order valence-electron chi connectivity index (χ1n) is 8.09. The highest BCUT2D eigenvalue weighted by Gasteiger charge is 2.14. The minimum absolute atomic E-state index is 0.282. The van der Waals surface area contributed by atoms with Crippen LogP contribution in [0.25, 0.3) is 0 Å². The van der Waals surface area contributed by atoms with Crippen molar-refractivity contribution >= 4 is 0 Å². The minimum Gasteiger partial charge on any atom is -0.394 e. The molecule has 0 aliphatic heterocycles. The van der Waals surface area contributed by atoms with E-state index in [0.29, 0.717) is 13.1 Å². The second-order valence-electron chi connectivity index (χ2n) is 5.51. The van der Waals surface area contributed by atoms with Gasteiger partial charge in [-0.2, -0.15) is 0 Å². The van der Waals surface area contributed by atoms with Gasteiger partial charge in [0, 0.05) is 13.1 Å². The van der Waals surface area contributed by atoms with E-state index in [9.17, 15) is 10.2 Å². The molecule has 0 bridgehead atoms. The van der Waals surface area contributed by atoms with E-state index in [1.54, 1.807) is 0 Å². The maximum Gasteiger partial charge on any atom is 0.0897 e. The molecule has 126 valence electrons. The topological polar surface area (TPSA) is 84.2 Å². The molecule has 0 aromatic heterocycles. The average Bonchev–Trinajstić information content (AvgIpc) is 2.49.